The summed E-state index contributed by atoms with van der Waals surface area (Å²) in [4.78, 5) is 23.0. The van der Waals surface area contributed by atoms with Crippen molar-refractivity contribution in [2.75, 3.05) is 6.61 Å². The maximum absolute atomic E-state index is 12.1. The summed E-state index contributed by atoms with van der Waals surface area (Å²) in [6.45, 7) is 1.75. The molecule has 3 atom stereocenters. The first kappa shape index (κ1) is 14.9. The van der Waals surface area contributed by atoms with Crippen molar-refractivity contribution in [2.45, 2.75) is 50.6 Å². The van der Waals surface area contributed by atoms with E-state index in [0.29, 0.717) is 18.8 Å². The Hall–Kier alpha value is -1.14. The van der Waals surface area contributed by atoms with Gasteiger partial charge >= 0.3 is 5.97 Å². The highest BCUT2D eigenvalue weighted by molar-refractivity contribution is 5.90. The fourth-order valence-electron chi connectivity index (χ4n) is 2.49. The molecule has 1 amide bonds. The number of hydrogen-bond acceptors (Lipinski definition) is 4. The van der Waals surface area contributed by atoms with Crippen molar-refractivity contribution in [2.24, 2.45) is 11.7 Å². The Kier molecular flexibility index (Phi) is 5.10. The van der Waals surface area contributed by atoms with Crippen LogP contribution in [0.15, 0.2) is 0 Å². The molecule has 0 aromatic carbocycles. The monoisotopic (exact) mass is 258 g/mol. The van der Waals surface area contributed by atoms with E-state index in [-0.39, 0.29) is 13.0 Å². The molecular formula is C12H22N2O4. The van der Waals surface area contributed by atoms with Crippen LogP contribution in [0, 0.1) is 5.92 Å². The Balaban J connectivity index is 2.65. The highest BCUT2D eigenvalue weighted by atomic mass is 16.4. The highest BCUT2D eigenvalue weighted by Gasteiger charge is 2.39. The van der Waals surface area contributed by atoms with Crippen LogP contribution in [0.4, 0.5) is 0 Å². The van der Waals surface area contributed by atoms with Crippen molar-refractivity contribution < 1.29 is 19.8 Å². The SMILES string of the molecule is CC1CCCC(N)(C(=O)N[C@@H](CCO)C(=O)O)C1. The van der Waals surface area contributed by atoms with E-state index in [2.05, 4.69) is 5.32 Å². The summed E-state index contributed by atoms with van der Waals surface area (Å²) in [5.74, 6) is -1.20. The molecule has 1 aliphatic rings. The van der Waals surface area contributed by atoms with Crippen LogP contribution in [0.1, 0.15) is 39.0 Å². The molecule has 1 aliphatic carbocycles. The first-order valence-electron chi connectivity index (χ1n) is 6.32. The number of aliphatic hydroxyl groups is 1. The van der Waals surface area contributed by atoms with Crippen molar-refractivity contribution in [3.63, 3.8) is 0 Å². The van der Waals surface area contributed by atoms with Gasteiger partial charge in [0.15, 0.2) is 0 Å². The maximum atomic E-state index is 12.1. The fraction of sp³-hybridized carbons (Fsp3) is 0.833. The van der Waals surface area contributed by atoms with Crippen LogP contribution in [-0.2, 0) is 9.59 Å². The number of hydrogen-bond donors (Lipinski definition) is 4. The number of carbonyl (C=O) groups is 2. The van der Waals surface area contributed by atoms with Gasteiger partial charge in [0.05, 0.1) is 5.54 Å². The first-order valence-corrected chi connectivity index (χ1v) is 6.32. The molecule has 18 heavy (non-hydrogen) atoms. The third-order valence-corrected chi connectivity index (χ3v) is 3.51. The number of carboxylic acid groups (broad SMARTS) is 1. The van der Waals surface area contributed by atoms with E-state index < -0.39 is 23.5 Å². The highest BCUT2D eigenvalue weighted by Crippen LogP contribution is 2.30. The number of amides is 1. The third kappa shape index (κ3) is 3.68. The van der Waals surface area contributed by atoms with E-state index in [4.69, 9.17) is 15.9 Å². The Bertz CT molecular complexity index is 321. The Morgan fingerprint density at radius 1 is 1.56 bits per heavy atom. The number of aliphatic carboxylic acids is 1. The third-order valence-electron chi connectivity index (χ3n) is 3.51. The van der Waals surface area contributed by atoms with Gasteiger partial charge in [0.1, 0.15) is 6.04 Å². The molecule has 6 heteroatoms. The van der Waals surface area contributed by atoms with Gasteiger partial charge in [0, 0.05) is 13.0 Å². The van der Waals surface area contributed by atoms with Crippen LogP contribution in [0.3, 0.4) is 0 Å². The molecule has 1 rings (SSSR count). The average molecular weight is 258 g/mol. The lowest BCUT2D eigenvalue weighted by Gasteiger charge is -2.36. The zero-order valence-electron chi connectivity index (χ0n) is 10.7. The van der Waals surface area contributed by atoms with Crippen molar-refractivity contribution in [3.05, 3.63) is 0 Å². The molecular weight excluding hydrogens is 236 g/mol. The van der Waals surface area contributed by atoms with Gasteiger partial charge in [-0.3, -0.25) is 4.79 Å². The molecule has 5 N–H and O–H groups in total. The lowest BCUT2D eigenvalue weighted by Crippen LogP contribution is -2.59. The van der Waals surface area contributed by atoms with E-state index in [9.17, 15) is 9.59 Å². The van der Waals surface area contributed by atoms with E-state index in [0.717, 1.165) is 12.8 Å². The van der Waals surface area contributed by atoms with Crippen LogP contribution in [0.5, 0.6) is 0 Å². The summed E-state index contributed by atoms with van der Waals surface area (Å²) in [5.41, 5.74) is 5.10. The molecule has 1 fully saturated rings. The zero-order chi connectivity index (χ0) is 13.8. The summed E-state index contributed by atoms with van der Waals surface area (Å²) in [6, 6.07) is -1.07. The van der Waals surface area contributed by atoms with Crippen LogP contribution in [0.2, 0.25) is 0 Å². The van der Waals surface area contributed by atoms with E-state index in [1.54, 1.807) is 0 Å². The smallest absolute Gasteiger partial charge is 0.326 e. The molecule has 0 saturated heterocycles. The van der Waals surface area contributed by atoms with Crippen LogP contribution in [0.25, 0.3) is 0 Å². The maximum Gasteiger partial charge on any atom is 0.326 e. The van der Waals surface area contributed by atoms with Crippen molar-refractivity contribution in [1.29, 1.82) is 0 Å². The average Bonchev–Trinajstić information content (AvgIpc) is 2.27. The Morgan fingerprint density at radius 3 is 2.72 bits per heavy atom. The van der Waals surface area contributed by atoms with Gasteiger partial charge < -0.3 is 21.3 Å². The van der Waals surface area contributed by atoms with Crippen LogP contribution in [-0.4, -0.2) is 40.3 Å². The fourth-order valence-corrected chi connectivity index (χ4v) is 2.49. The second-order valence-electron chi connectivity index (χ2n) is 5.23. The summed E-state index contributed by atoms with van der Waals surface area (Å²) in [6.07, 6.45) is 3.07. The minimum Gasteiger partial charge on any atom is -0.480 e. The second-order valence-corrected chi connectivity index (χ2v) is 5.23. The molecule has 1 saturated carbocycles. The van der Waals surface area contributed by atoms with Crippen LogP contribution < -0.4 is 11.1 Å². The summed E-state index contributed by atoms with van der Waals surface area (Å²) in [7, 11) is 0. The number of carboxylic acids is 1. The molecule has 0 radical (unpaired) electrons. The lowest BCUT2D eigenvalue weighted by atomic mass is 9.76. The minimum atomic E-state index is -1.15. The largest absolute Gasteiger partial charge is 0.480 e. The van der Waals surface area contributed by atoms with Crippen molar-refractivity contribution in [3.8, 4) is 0 Å². The summed E-state index contributed by atoms with van der Waals surface area (Å²) in [5, 5.41) is 20.1. The normalized spacial score (nSPS) is 29.6. The Morgan fingerprint density at radius 2 is 2.22 bits per heavy atom. The predicted octanol–water partition coefficient (Wildman–Crippen LogP) is -0.154. The molecule has 104 valence electrons. The molecule has 2 unspecified atom stereocenters. The van der Waals surface area contributed by atoms with Gasteiger partial charge in [-0.15, -0.1) is 0 Å². The second kappa shape index (κ2) is 6.15. The van der Waals surface area contributed by atoms with Gasteiger partial charge in [0.25, 0.3) is 0 Å². The molecule has 0 aromatic rings. The molecule has 0 aliphatic heterocycles. The number of nitrogens with two attached hydrogens (primary N) is 1. The van der Waals surface area contributed by atoms with Crippen LogP contribution >= 0.6 is 0 Å². The quantitative estimate of drug-likeness (QED) is 0.547. The minimum absolute atomic E-state index is 0.00724. The van der Waals surface area contributed by atoms with Gasteiger partial charge in [0.2, 0.25) is 5.91 Å². The molecule has 6 nitrogen and oxygen atoms in total. The zero-order valence-corrected chi connectivity index (χ0v) is 10.7. The predicted molar refractivity (Wildman–Crippen MR) is 65.8 cm³/mol. The number of carbonyl (C=O) groups excluding carboxylic acids is 1. The standard InChI is InChI=1S/C12H22N2O4/c1-8-3-2-5-12(13,7-8)11(18)14-9(4-6-15)10(16)17/h8-9,15H,2-7,13H2,1H3,(H,14,18)(H,16,17)/t8?,9-,12?/m0/s1. The summed E-state index contributed by atoms with van der Waals surface area (Å²) < 4.78 is 0. The number of rotatable bonds is 5. The van der Waals surface area contributed by atoms with Gasteiger partial charge in [-0.05, 0) is 18.8 Å². The van der Waals surface area contributed by atoms with Crippen molar-refractivity contribution >= 4 is 11.9 Å². The van der Waals surface area contributed by atoms with Gasteiger partial charge in [-0.2, -0.15) is 0 Å². The molecule has 0 spiro atoms. The molecule has 0 heterocycles. The first-order chi connectivity index (χ1) is 8.39. The van der Waals surface area contributed by atoms with Gasteiger partial charge in [-0.1, -0.05) is 19.8 Å². The number of nitrogens with one attached hydrogen (secondary N) is 1. The number of aliphatic hydroxyl groups excluding tert-OH is 1. The summed E-state index contributed by atoms with van der Waals surface area (Å²) >= 11 is 0. The topological polar surface area (TPSA) is 113 Å². The van der Waals surface area contributed by atoms with E-state index >= 15 is 0 Å². The molecule has 0 bridgehead atoms. The van der Waals surface area contributed by atoms with Gasteiger partial charge in [-0.25, -0.2) is 4.79 Å². The van der Waals surface area contributed by atoms with E-state index in [1.165, 1.54) is 0 Å². The van der Waals surface area contributed by atoms with E-state index in [1.807, 2.05) is 6.92 Å². The Labute approximate surface area is 107 Å². The molecule has 0 aromatic heterocycles. The van der Waals surface area contributed by atoms with Crippen molar-refractivity contribution in [1.82, 2.24) is 5.32 Å². The lowest BCUT2D eigenvalue weighted by molar-refractivity contribution is -0.143.